The highest BCUT2D eigenvalue weighted by Crippen LogP contribution is 2.30. The van der Waals surface area contributed by atoms with Gasteiger partial charge in [0, 0.05) is 57.1 Å². The van der Waals surface area contributed by atoms with Crippen LogP contribution in [0.25, 0.3) is 0 Å². The summed E-state index contributed by atoms with van der Waals surface area (Å²) in [7, 11) is 3.71. The Kier molecular flexibility index (Phi) is 8.05. The van der Waals surface area contributed by atoms with Gasteiger partial charge in [-0.15, -0.1) is 0 Å². The normalized spacial score (nSPS) is 19.6. The molecular formula is C25H32ClN5O3. The van der Waals surface area contributed by atoms with Crippen LogP contribution in [0.3, 0.4) is 0 Å². The number of nitrogens with one attached hydrogen (secondary N) is 2. The molecule has 1 atom stereocenters. The van der Waals surface area contributed by atoms with Crippen LogP contribution < -0.4 is 15.5 Å². The molecule has 0 spiro atoms. The van der Waals surface area contributed by atoms with E-state index in [1.54, 1.807) is 13.1 Å². The molecule has 34 heavy (non-hydrogen) atoms. The second kappa shape index (κ2) is 11.2. The van der Waals surface area contributed by atoms with Crippen LogP contribution in [0.1, 0.15) is 22.0 Å². The first kappa shape index (κ1) is 24.5. The highest BCUT2D eigenvalue weighted by atomic mass is 35.5. The van der Waals surface area contributed by atoms with Crippen molar-refractivity contribution in [2.24, 2.45) is 0 Å². The Hall–Kier alpha value is -2.65. The number of halogens is 1. The van der Waals surface area contributed by atoms with Gasteiger partial charge >= 0.3 is 0 Å². The highest BCUT2D eigenvalue weighted by Gasteiger charge is 2.27. The van der Waals surface area contributed by atoms with Gasteiger partial charge in [-0.2, -0.15) is 0 Å². The summed E-state index contributed by atoms with van der Waals surface area (Å²) >= 11 is 6.51. The molecule has 2 heterocycles. The van der Waals surface area contributed by atoms with Crippen LogP contribution in [0.4, 0.5) is 11.4 Å². The number of piperazine rings is 1. The average Bonchev–Trinajstić information content (AvgIpc) is 2.85. The number of hydrogen-bond donors (Lipinski definition) is 2. The quantitative estimate of drug-likeness (QED) is 0.654. The molecule has 2 amide bonds. The third-order valence-corrected chi connectivity index (χ3v) is 6.75. The lowest BCUT2D eigenvalue weighted by molar-refractivity contribution is -0.118. The van der Waals surface area contributed by atoms with Crippen molar-refractivity contribution in [2.75, 3.05) is 76.8 Å². The zero-order chi connectivity index (χ0) is 24.1. The lowest BCUT2D eigenvalue weighted by Crippen LogP contribution is -2.48. The second-order valence-corrected chi connectivity index (χ2v) is 9.16. The van der Waals surface area contributed by atoms with Crippen LogP contribution in [0, 0.1) is 0 Å². The van der Waals surface area contributed by atoms with Crippen molar-refractivity contribution in [3.63, 3.8) is 0 Å². The molecule has 4 rings (SSSR count). The number of anilines is 2. The van der Waals surface area contributed by atoms with E-state index in [1.165, 1.54) is 0 Å². The number of morpholine rings is 1. The van der Waals surface area contributed by atoms with E-state index >= 15 is 0 Å². The minimum Gasteiger partial charge on any atom is -0.378 e. The van der Waals surface area contributed by atoms with E-state index in [1.807, 2.05) is 36.4 Å². The summed E-state index contributed by atoms with van der Waals surface area (Å²) in [4.78, 5) is 31.4. The fraction of sp³-hybridized carbons (Fsp3) is 0.440. The molecule has 2 N–H and O–H groups in total. The summed E-state index contributed by atoms with van der Waals surface area (Å²) in [6, 6.07) is 13.4. The molecule has 2 aliphatic heterocycles. The van der Waals surface area contributed by atoms with Gasteiger partial charge in [-0.25, -0.2) is 0 Å². The van der Waals surface area contributed by atoms with Crippen molar-refractivity contribution in [1.29, 1.82) is 0 Å². The standard InChI is InChI=1S/C25H32ClN5O3/c1-27-25(33)19-5-3-4-18(14-19)23-16-30(9-8-29(23)2)17-24(32)28-20-6-7-22(21(26)15-20)31-10-12-34-13-11-31/h3-7,14-15,23H,8-13,16-17H2,1-2H3,(H,27,33)(H,28,32)/t23-/m1/s1. The maximum Gasteiger partial charge on any atom is 0.251 e. The predicted octanol–water partition coefficient (Wildman–Crippen LogP) is 2.46. The van der Waals surface area contributed by atoms with Crippen molar-refractivity contribution in [2.45, 2.75) is 6.04 Å². The Labute approximate surface area is 205 Å². The third-order valence-electron chi connectivity index (χ3n) is 6.44. The molecule has 0 aliphatic carbocycles. The van der Waals surface area contributed by atoms with E-state index < -0.39 is 0 Å². The van der Waals surface area contributed by atoms with Crippen LogP contribution in [0.5, 0.6) is 0 Å². The SMILES string of the molecule is CNC(=O)c1cccc([C@H]2CN(CC(=O)Nc3ccc(N4CCOCC4)c(Cl)c3)CCN2C)c1. The largest absolute Gasteiger partial charge is 0.378 e. The Balaban J connectivity index is 1.37. The van der Waals surface area contributed by atoms with Crippen molar-refractivity contribution in [3.8, 4) is 0 Å². The number of likely N-dealkylation sites (N-methyl/N-ethyl adjacent to an activating group) is 1. The van der Waals surface area contributed by atoms with Crippen molar-refractivity contribution in [1.82, 2.24) is 15.1 Å². The van der Waals surface area contributed by atoms with Gasteiger partial charge in [-0.3, -0.25) is 19.4 Å². The second-order valence-electron chi connectivity index (χ2n) is 8.75. The number of amides is 2. The fourth-order valence-corrected chi connectivity index (χ4v) is 4.81. The van der Waals surface area contributed by atoms with Gasteiger partial charge in [0.1, 0.15) is 0 Å². The lowest BCUT2D eigenvalue weighted by Gasteiger charge is -2.39. The van der Waals surface area contributed by atoms with Gasteiger partial charge in [0.2, 0.25) is 5.91 Å². The Morgan fingerprint density at radius 1 is 1.09 bits per heavy atom. The molecule has 2 aliphatic rings. The summed E-state index contributed by atoms with van der Waals surface area (Å²) < 4.78 is 5.41. The lowest BCUT2D eigenvalue weighted by atomic mass is 10.00. The fourth-order valence-electron chi connectivity index (χ4n) is 4.51. The first-order chi connectivity index (χ1) is 16.4. The summed E-state index contributed by atoms with van der Waals surface area (Å²) in [6.45, 7) is 5.63. The molecule has 2 fully saturated rings. The van der Waals surface area contributed by atoms with Crippen molar-refractivity contribution < 1.29 is 14.3 Å². The van der Waals surface area contributed by atoms with Crippen LogP contribution in [0.15, 0.2) is 42.5 Å². The zero-order valence-corrected chi connectivity index (χ0v) is 20.5. The number of ether oxygens (including phenoxy) is 1. The van der Waals surface area contributed by atoms with E-state index in [4.69, 9.17) is 16.3 Å². The van der Waals surface area contributed by atoms with Gasteiger partial charge in [-0.1, -0.05) is 23.7 Å². The van der Waals surface area contributed by atoms with E-state index in [-0.39, 0.29) is 17.9 Å². The number of carbonyl (C=O) groups is 2. The minimum absolute atomic E-state index is 0.0717. The Morgan fingerprint density at radius 3 is 2.62 bits per heavy atom. The molecular weight excluding hydrogens is 454 g/mol. The van der Waals surface area contributed by atoms with E-state index in [9.17, 15) is 9.59 Å². The molecule has 8 nitrogen and oxygen atoms in total. The molecule has 0 saturated carbocycles. The van der Waals surface area contributed by atoms with Gasteiger partial charge in [0.05, 0.1) is 30.5 Å². The van der Waals surface area contributed by atoms with Gasteiger partial charge in [0.15, 0.2) is 0 Å². The predicted molar refractivity (Wildman–Crippen MR) is 135 cm³/mol. The monoisotopic (exact) mass is 485 g/mol. The average molecular weight is 486 g/mol. The first-order valence-electron chi connectivity index (χ1n) is 11.6. The number of hydrogen-bond acceptors (Lipinski definition) is 6. The smallest absolute Gasteiger partial charge is 0.251 e. The number of benzene rings is 2. The first-order valence-corrected chi connectivity index (χ1v) is 12.0. The van der Waals surface area contributed by atoms with Crippen molar-refractivity contribution >= 4 is 34.8 Å². The molecule has 9 heteroatoms. The van der Waals surface area contributed by atoms with Gasteiger partial charge in [-0.05, 0) is 42.9 Å². The molecule has 2 aromatic rings. The maximum atomic E-state index is 12.8. The van der Waals surface area contributed by atoms with Crippen LogP contribution in [-0.2, 0) is 9.53 Å². The topological polar surface area (TPSA) is 77.2 Å². The van der Waals surface area contributed by atoms with Gasteiger partial charge in [0.25, 0.3) is 5.91 Å². The van der Waals surface area contributed by atoms with Crippen molar-refractivity contribution in [3.05, 3.63) is 58.6 Å². The number of rotatable bonds is 6. The van der Waals surface area contributed by atoms with Crippen LogP contribution in [-0.4, -0.2) is 88.2 Å². The molecule has 0 unspecified atom stereocenters. The molecule has 182 valence electrons. The Bertz CT molecular complexity index is 1030. The summed E-state index contributed by atoms with van der Waals surface area (Å²) in [5, 5.41) is 6.28. The molecule has 2 saturated heterocycles. The van der Waals surface area contributed by atoms with E-state index in [2.05, 4.69) is 32.4 Å². The van der Waals surface area contributed by atoms with Crippen LogP contribution >= 0.6 is 11.6 Å². The maximum absolute atomic E-state index is 12.8. The summed E-state index contributed by atoms with van der Waals surface area (Å²) in [5.74, 6) is -0.174. The molecule has 2 aromatic carbocycles. The van der Waals surface area contributed by atoms with Gasteiger partial charge < -0.3 is 20.3 Å². The minimum atomic E-state index is -0.102. The Morgan fingerprint density at radius 2 is 1.88 bits per heavy atom. The molecule has 0 aromatic heterocycles. The van der Waals surface area contributed by atoms with Crippen LogP contribution in [0.2, 0.25) is 5.02 Å². The zero-order valence-electron chi connectivity index (χ0n) is 19.7. The van der Waals surface area contributed by atoms with E-state index in [0.717, 1.165) is 37.4 Å². The number of nitrogens with zero attached hydrogens (tertiary/aromatic N) is 3. The number of carbonyl (C=O) groups excluding carboxylic acids is 2. The van der Waals surface area contributed by atoms with E-state index in [0.29, 0.717) is 42.6 Å². The molecule has 0 bridgehead atoms. The highest BCUT2D eigenvalue weighted by molar-refractivity contribution is 6.33. The molecule has 0 radical (unpaired) electrons. The third kappa shape index (κ3) is 5.88. The summed E-state index contributed by atoms with van der Waals surface area (Å²) in [5.41, 5.74) is 3.36. The summed E-state index contributed by atoms with van der Waals surface area (Å²) in [6.07, 6.45) is 0.